The molecule has 1 aliphatic rings. The van der Waals surface area contributed by atoms with E-state index in [0.29, 0.717) is 4.47 Å². The van der Waals surface area contributed by atoms with Crippen LogP contribution in [-0.4, -0.2) is 21.3 Å². The summed E-state index contributed by atoms with van der Waals surface area (Å²) < 4.78 is 15.7. The molecule has 17 heavy (non-hydrogen) atoms. The number of nitrogens with one attached hydrogen (secondary N) is 1. The number of hydrogen-bond donors (Lipinski definition) is 1. The summed E-state index contributed by atoms with van der Waals surface area (Å²) in [5.41, 5.74) is 0.874. The molecule has 0 aliphatic carbocycles. The Bertz CT molecular complexity index is 567. The van der Waals surface area contributed by atoms with E-state index in [0.717, 1.165) is 36.8 Å². The Hall–Kier alpha value is -1.27. The highest BCUT2D eigenvalue weighted by Crippen LogP contribution is 2.25. The number of rotatable bonds is 1. The van der Waals surface area contributed by atoms with Crippen molar-refractivity contribution in [1.29, 1.82) is 0 Å². The van der Waals surface area contributed by atoms with Gasteiger partial charge in [-0.25, -0.2) is 4.39 Å². The van der Waals surface area contributed by atoms with Crippen molar-refractivity contribution in [2.45, 2.75) is 13.1 Å². The normalized spacial score (nSPS) is 14.7. The quantitative estimate of drug-likeness (QED) is 0.875. The molecule has 2 aromatic rings. The maximum absolute atomic E-state index is 13.2. The molecule has 0 atom stereocenters. The van der Waals surface area contributed by atoms with Gasteiger partial charge in [-0.3, -0.25) is 0 Å². The van der Waals surface area contributed by atoms with Crippen molar-refractivity contribution in [3.63, 3.8) is 0 Å². The Balaban J connectivity index is 2.09. The lowest BCUT2D eigenvalue weighted by Gasteiger charge is -2.16. The van der Waals surface area contributed by atoms with Crippen LogP contribution in [0.5, 0.6) is 0 Å². The van der Waals surface area contributed by atoms with Crippen LogP contribution in [0, 0.1) is 5.82 Å². The molecular formula is C11H10BrFN4. The standard InChI is InChI=1S/C11H10BrFN4/c12-8-5-7(1-2-9(8)13)11-16-15-10-6-14-3-4-17(10)11/h1-2,5,14H,3-4,6H2. The van der Waals surface area contributed by atoms with E-state index in [1.165, 1.54) is 6.07 Å². The molecule has 0 spiro atoms. The highest BCUT2D eigenvalue weighted by molar-refractivity contribution is 9.10. The largest absolute Gasteiger partial charge is 0.309 e. The van der Waals surface area contributed by atoms with Crippen molar-refractivity contribution < 1.29 is 4.39 Å². The van der Waals surface area contributed by atoms with Crippen molar-refractivity contribution in [3.05, 3.63) is 34.3 Å². The molecule has 4 nitrogen and oxygen atoms in total. The first-order chi connectivity index (χ1) is 8.25. The van der Waals surface area contributed by atoms with Crippen molar-refractivity contribution in [3.8, 4) is 11.4 Å². The van der Waals surface area contributed by atoms with Crippen LogP contribution >= 0.6 is 15.9 Å². The maximum Gasteiger partial charge on any atom is 0.164 e. The first-order valence-corrected chi connectivity index (χ1v) is 6.13. The molecular weight excluding hydrogens is 287 g/mol. The van der Waals surface area contributed by atoms with Gasteiger partial charge in [0.05, 0.1) is 11.0 Å². The zero-order valence-electron chi connectivity index (χ0n) is 8.95. The summed E-state index contributed by atoms with van der Waals surface area (Å²) >= 11 is 3.18. The zero-order valence-corrected chi connectivity index (χ0v) is 10.5. The second-order valence-corrected chi connectivity index (χ2v) is 4.75. The van der Waals surface area contributed by atoms with E-state index in [9.17, 15) is 4.39 Å². The molecule has 0 bridgehead atoms. The summed E-state index contributed by atoms with van der Waals surface area (Å²) in [5, 5.41) is 11.5. The predicted molar refractivity (Wildman–Crippen MR) is 64.8 cm³/mol. The summed E-state index contributed by atoms with van der Waals surface area (Å²) in [4.78, 5) is 0. The molecule has 0 unspecified atom stereocenters. The van der Waals surface area contributed by atoms with Crippen LogP contribution in [0.15, 0.2) is 22.7 Å². The Labute approximate surface area is 106 Å². The number of nitrogens with zero attached hydrogens (tertiary/aromatic N) is 3. The van der Waals surface area contributed by atoms with E-state index in [2.05, 4.69) is 36.0 Å². The molecule has 2 heterocycles. The number of hydrogen-bond acceptors (Lipinski definition) is 3. The second kappa shape index (κ2) is 4.19. The number of fused-ring (bicyclic) bond motifs is 1. The van der Waals surface area contributed by atoms with Crippen molar-refractivity contribution in [2.75, 3.05) is 6.54 Å². The molecule has 0 amide bonds. The van der Waals surface area contributed by atoms with Crippen LogP contribution in [0.3, 0.4) is 0 Å². The molecule has 0 radical (unpaired) electrons. The van der Waals surface area contributed by atoms with E-state index in [-0.39, 0.29) is 5.82 Å². The van der Waals surface area contributed by atoms with Crippen molar-refractivity contribution >= 4 is 15.9 Å². The maximum atomic E-state index is 13.2. The Kier molecular flexibility index (Phi) is 2.68. The van der Waals surface area contributed by atoms with Crippen molar-refractivity contribution in [2.24, 2.45) is 0 Å². The van der Waals surface area contributed by atoms with Gasteiger partial charge in [-0.1, -0.05) is 0 Å². The highest BCUT2D eigenvalue weighted by atomic mass is 79.9. The first-order valence-electron chi connectivity index (χ1n) is 5.34. The van der Waals surface area contributed by atoms with E-state index in [1.807, 2.05) is 0 Å². The fraction of sp³-hybridized carbons (Fsp3) is 0.273. The van der Waals surface area contributed by atoms with Gasteiger partial charge in [0, 0.05) is 18.7 Å². The number of benzene rings is 1. The predicted octanol–water partition coefficient (Wildman–Crippen LogP) is 1.95. The summed E-state index contributed by atoms with van der Waals surface area (Å²) in [6.07, 6.45) is 0. The third-order valence-corrected chi connectivity index (χ3v) is 3.41. The fourth-order valence-corrected chi connectivity index (χ4v) is 2.32. The monoisotopic (exact) mass is 296 g/mol. The first kappa shape index (κ1) is 10.9. The van der Waals surface area contributed by atoms with Gasteiger partial charge < -0.3 is 9.88 Å². The van der Waals surface area contributed by atoms with Crippen LogP contribution < -0.4 is 5.32 Å². The second-order valence-electron chi connectivity index (χ2n) is 3.90. The highest BCUT2D eigenvalue weighted by Gasteiger charge is 2.17. The molecule has 1 aliphatic heterocycles. The van der Waals surface area contributed by atoms with E-state index >= 15 is 0 Å². The van der Waals surface area contributed by atoms with Gasteiger partial charge in [0.15, 0.2) is 5.82 Å². The minimum atomic E-state index is -0.270. The number of halogens is 2. The SMILES string of the molecule is Fc1ccc(-c2nnc3n2CCNC3)cc1Br. The molecule has 0 saturated carbocycles. The van der Waals surface area contributed by atoms with E-state index < -0.39 is 0 Å². The van der Waals surface area contributed by atoms with Gasteiger partial charge in [-0.2, -0.15) is 0 Å². The van der Waals surface area contributed by atoms with Gasteiger partial charge in [0.2, 0.25) is 0 Å². The van der Waals surface area contributed by atoms with Crippen LogP contribution in [0.4, 0.5) is 4.39 Å². The van der Waals surface area contributed by atoms with Gasteiger partial charge in [-0.05, 0) is 34.1 Å². The molecule has 1 aromatic carbocycles. The molecule has 6 heteroatoms. The molecule has 1 aromatic heterocycles. The van der Waals surface area contributed by atoms with Crippen molar-refractivity contribution in [1.82, 2.24) is 20.1 Å². The topological polar surface area (TPSA) is 42.7 Å². The van der Waals surface area contributed by atoms with Gasteiger partial charge in [0.1, 0.15) is 11.6 Å². The summed E-state index contributed by atoms with van der Waals surface area (Å²) in [6, 6.07) is 4.89. The molecule has 88 valence electrons. The Morgan fingerprint density at radius 2 is 2.24 bits per heavy atom. The third kappa shape index (κ3) is 1.87. The van der Waals surface area contributed by atoms with Gasteiger partial charge in [-0.15, -0.1) is 10.2 Å². The van der Waals surface area contributed by atoms with E-state index in [4.69, 9.17) is 0 Å². The molecule has 0 saturated heterocycles. The Morgan fingerprint density at radius 1 is 1.35 bits per heavy atom. The molecule has 1 N–H and O–H groups in total. The molecule has 3 rings (SSSR count). The van der Waals surface area contributed by atoms with Crippen LogP contribution in [0.25, 0.3) is 11.4 Å². The fourth-order valence-electron chi connectivity index (χ4n) is 1.94. The lowest BCUT2D eigenvalue weighted by molar-refractivity contribution is 0.508. The average Bonchev–Trinajstić information content (AvgIpc) is 2.76. The molecule has 0 fully saturated rings. The summed E-state index contributed by atoms with van der Waals surface area (Å²) in [5.74, 6) is 1.45. The lowest BCUT2D eigenvalue weighted by Crippen LogP contribution is -2.28. The van der Waals surface area contributed by atoms with Crippen LogP contribution in [0.1, 0.15) is 5.82 Å². The van der Waals surface area contributed by atoms with Gasteiger partial charge in [0.25, 0.3) is 0 Å². The smallest absolute Gasteiger partial charge is 0.164 e. The zero-order chi connectivity index (χ0) is 11.8. The summed E-state index contributed by atoms with van der Waals surface area (Å²) in [6.45, 7) is 2.47. The minimum absolute atomic E-state index is 0.270. The van der Waals surface area contributed by atoms with E-state index in [1.54, 1.807) is 12.1 Å². The number of aromatic nitrogens is 3. The van der Waals surface area contributed by atoms with Crippen LogP contribution in [-0.2, 0) is 13.1 Å². The third-order valence-electron chi connectivity index (χ3n) is 2.80. The summed E-state index contributed by atoms with van der Waals surface area (Å²) in [7, 11) is 0. The van der Waals surface area contributed by atoms with Gasteiger partial charge >= 0.3 is 0 Å². The Morgan fingerprint density at radius 3 is 3.06 bits per heavy atom. The minimum Gasteiger partial charge on any atom is -0.309 e. The van der Waals surface area contributed by atoms with Crippen LogP contribution in [0.2, 0.25) is 0 Å². The average molecular weight is 297 g/mol. The lowest BCUT2D eigenvalue weighted by atomic mass is 10.2.